The van der Waals surface area contributed by atoms with Gasteiger partial charge < -0.3 is 0 Å². The van der Waals surface area contributed by atoms with E-state index in [9.17, 15) is 10.1 Å². The second-order valence-corrected chi connectivity index (χ2v) is 3.87. The SMILES string of the molecule is CN=C(N[N+](=O)[O-])N(C)c1csc(Cl)n1. The molecule has 0 bridgehead atoms. The van der Waals surface area contributed by atoms with Gasteiger partial charge in [0.2, 0.25) is 0 Å². The molecule has 0 aromatic carbocycles. The van der Waals surface area contributed by atoms with Crippen LogP contribution in [0, 0.1) is 10.1 Å². The summed E-state index contributed by atoms with van der Waals surface area (Å²) in [6.45, 7) is 0. The molecule has 0 saturated carbocycles. The quantitative estimate of drug-likeness (QED) is 0.366. The maximum atomic E-state index is 10.3. The zero-order valence-corrected chi connectivity index (χ0v) is 9.54. The van der Waals surface area contributed by atoms with E-state index in [4.69, 9.17) is 11.6 Å². The number of nitrogens with one attached hydrogen (secondary N) is 1. The van der Waals surface area contributed by atoms with E-state index in [0.717, 1.165) is 0 Å². The van der Waals surface area contributed by atoms with Crippen LogP contribution in [0.25, 0.3) is 0 Å². The highest BCUT2D eigenvalue weighted by Gasteiger charge is 2.14. The van der Waals surface area contributed by atoms with E-state index in [1.54, 1.807) is 12.4 Å². The van der Waals surface area contributed by atoms with Crippen LogP contribution in [-0.4, -0.2) is 30.1 Å². The van der Waals surface area contributed by atoms with Crippen molar-refractivity contribution in [3.05, 3.63) is 20.0 Å². The fourth-order valence-electron chi connectivity index (χ4n) is 0.863. The number of aliphatic imine (C=N–C) groups is 1. The van der Waals surface area contributed by atoms with Crippen molar-refractivity contribution in [3.8, 4) is 0 Å². The Labute approximate surface area is 94.5 Å². The van der Waals surface area contributed by atoms with Gasteiger partial charge in [-0.25, -0.2) is 15.1 Å². The van der Waals surface area contributed by atoms with Crippen LogP contribution < -0.4 is 10.3 Å². The maximum Gasteiger partial charge on any atom is 0.262 e. The smallest absolute Gasteiger partial charge is 0.262 e. The van der Waals surface area contributed by atoms with E-state index in [2.05, 4.69) is 9.98 Å². The van der Waals surface area contributed by atoms with Gasteiger partial charge in [-0.2, -0.15) is 0 Å². The number of nitrogens with zero attached hydrogens (tertiary/aromatic N) is 4. The number of nitro groups is 1. The zero-order valence-electron chi connectivity index (χ0n) is 7.97. The highest BCUT2D eigenvalue weighted by atomic mass is 35.5. The van der Waals surface area contributed by atoms with Gasteiger partial charge in [-0.3, -0.25) is 9.89 Å². The van der Waals surface area contributed by atoms with Crippen LogP contribution in [-0.2, 0) is 0 Å². The van der Waals surface area contributed by atoms with Gasteiger partial charge in [0.25, 0.3) is 5.96 Å². The first kappa shape index (κ1) is 11.7. The lowest BCUT2D eigenvalue weighted by atomic mass is 10.6. The Morgan fingerprint density at radius 3 is 2.93 bits per heavy atom. The van der Waals surface area contributed by atoms with Gasteiger partial charge in [0.05, 0.1) is 0 Å². The van der Waals surface area contributed by atoms with Crippen LogP contribution in [0.4, 0.5) is 5.82 Å². The first-order valence-electron chi connectivity index (χ1n) is 3.77. The number of hydrogen-bond acceptors (Lipinski definition) is 5. The molecule has 0 radical (unpaired) electrons. The molecule has 1 N–H and O–H groups in total. The Morgan fingerprint density at radius 2 is 2.53 bits per heavy atom. The molecule has 15 heavy (non-hydrogen) atoms. The number of hydrogen-bond donors (Lipinski definition) is 1. The Hall–Kier alpha value is -1.41. The molecule has 0 amide bonds. The number of guanidine groups is 1. The number of anilines is 1. The molecule has 1 aromatic heterocycles. The van der Waals surface area contributed by atoms with Gasteiger partial charge in [0, 0.05) is 19.5 Å². The minimum Gasteiger partial charge on any atom is -0.295 e. The molecular weight excluding hydrogens is 242 g/mol. The molecule has 0 spiro atoms. The number of rotatable bonds is 2. The Bertz CT molecular complexity index is 393. The van der Waals surface area contributed by atoms with Crippen LogP contribution in [0.5, 0.6) is 0 Å². The highest BCUT2D eigenvalue weighted by molar-refractivity contribution is 7.14. The third-order valence-corrected chi connectivity index (χ3v) is 2.49. The summed E-state index contributed by atoms with van der Waals surface area (Å²) in [5.41, 5.74) is 1.96. The Morgan fingerprint density at radius 1 is 1.87 bits per heavy atom. The molecule has 82 valence electrons. The molecule has 1 rings (SSSR count). The lowest BCUT2D eigenvalue weighted by molar-refractivity contribution is -0.525. The molecule has 1 aromatic rings. The van der Waals surface area contributed by atoms with Gasteiger partial charge in [0.1, 0.15) is 5.82 Å². The zero-order chi connectivity index (χ0) is 11.4. The molecule has 1 heterocycles. The van der Waals surface area contributed by atoms with E-state index < -0.39 is 5.03 Å². The summed E-state index contributed by atoms with van der Waals surface area (Å²) in [5, 5.41) is 11.2. The first-order chi connectivity index (χ1) is 7.04. The third kappa shape index (κ3) is 3.03. The molecule has 0 aliphatic rings. The van der Waals surface area contributed by atoms with Gasteiger partial charge in [-0.05, 0) is 0 Å². The molecule has 0 atom stereocenters. The molecule has 0 unspecified atom stereocenters. The molecule has 7 nitrogen and oxygen atoms in total. The molecule has 0 saturated heterocycles. The number of hydrazine groups is 1. The topological polar surface area (TPSA) is 83.7 Å². The third-order valence-electron chi connectivity index (χ3n) is 1.53. The molecule has 0 aliphatic heterocycles. The van der Waals surface area contributed by atoms with Crippen molar-refractivity contribution in [2.75, 3.05) is 19.0 Å². The molecule has 0 fully saturated rings. The fourth-order valence-corrected chi connectivity index (χ4v) is 1.64. The average Bonchev–Trinajstić information content (AvgIpc) is 2.60. The molecule has 9 heteroatoms. The Balaban J connectivity index is 2.82. The van der Waals surface area contributed by atoms with Crippen molar-refractivity contribution < 1.29 is 5.03 Å². The van der Waals surface area contributed by atoms with E-state index in [-0.39, 0.29) is 5.96 Å². The second kappa shape index (κ2) is 4.89. The van der Waals surface area contributed by atoms with Gasteiger partial charge >= 0.3 is 0 Å². The summed E-state index contributed by atoms with van der Waals surface area (Å²) in [7, 11) is 3.04. The van der Waals surface area contributed by atoms with Crippen molar-refractivity contribution in [2.45, 2.75) is 0 Å². The van der Waals surface area contributed by atoms with E-state index in [1.165, 1.54) is 23.3 Å². The van der Waals surface area contributed by atoms with Crippen LogP contribution in [0.2, 0.25) is 4.47 Å². The summed E-state index contributed by atoms with van der Waals surface area (Å²) in [6.07, 6.45) is 0. The molecule has 0 aliphatic carbocycles. The second-order valence-electron chi connectivity index (χ2n) is 2.43. The van der Waals surface area contributed by atoms with Crippen molar-refractivity contribution in [1.29, 1.82) is 0 Å². The maximum absolute atomic E-state index is 10.3. The summed E-state index contributed by atoms with van der Waals surface area (Å²) in [6, 6.07) is 0. The Kier molecular flexibility index (Phi) is 3.81. The monoisotopic (exact) mass is 249 g/mol. The van der Waals surface area contributed by atoms with Gasteiger partial charge in [-0.15, -0.1) is 11.3 Å². The summed E-state index contributed by atoms with van der Waals surface area (Å²) >= 11 is 6.88. The largest absolute Gasteiger partial charge is 0.295 e. The van der Waals surface area contributed by atoms with Crippen LogP contribution in [0.3, 0.4) is 0 Å². The number of aromatic nitrogens is 1. The van der Waals surface area contributed by atoms with Gasteiger partial charge in [0.15, 0.2) is 9.50 Å². The first-order valence-corrected chi connectivity index (χ1v) is 5.03. The number of thiazole rings is 1. The van der Waals surface area contributed by atoms with Crippen molar-refractivity contribution in [1.82, 2.24) is 10.4 Å². The average molecular weight is 250 g/mol. The van der Waals surface area contributed by atoms with Crippen molar-refractivity contribution in [3.63, 3.8) is 0 Å². The summed E-state index contributed by atoms with van der Waals surface area (Å²) < 4.78 is 0.369. The lowest BCUT2D eigenvalue weighted by Crippen LogP contribution is -2.42. The van der Waals surface area contributed by atoms with Crippen LogP contribution >= 0.6 is 22.9 Å². The van der Waals surface area contributed by atoms with E-state index >= 15 is 0 Å². The van der Waals surface area contributed by atoms with Crippen LogP contribution in [0.1, 0.15) is 0 Å². The number of halogens is 1. The lowest BCUT2D eigenvalue weighted by Gasteiger charge is -2.14. The van der Waals surface area contributed by atoms with E-state index in [1.807, 2.05) is 5.43 Å². The fraction of sp³-hybridized carbons (Fsp3) is 0.333. The van der Waals surface area contributed by atoms with Gasteiger partial charge in [-0.1, -0.05) is 17.0 Å². The molecular formula is C6H8ClN5O2S. The summed E-state index contributed by atoms with van der Waals surface area (Å²) in [4.78, 5) is 19.4. The highest BCUT2D eigenvalue weighted by Crippen LogP contribution is 2.21. The van der Waals surface area contributed by atoms with Crippen molar-refractivity contribution >= 4 is 34.7 Å². The van der Waals surface area contributed by atoms with E-state index in [0.29, 0.717) is 10.3 Å². The van der Waals surface area contributed by atoms with Crippen molar-refractivity contribution in [2.24, 2.45) is 4.99 Å². The minimum atomic E-state index is -0.688. The standard InChI is InChI=1S/C6H8ClN5O2S/c1-8-6(10-12(13)14)11(2)4-3-15-5(7)9-4/h3H,1-2H3,(H,8,10). The van der Waals surface area contributed by atoms with Crippen LogP contribution in [0.15, 0.2) is 10.4 Å². The minimum absolute atomic E-state index is 0.0852. The normalized spacial score (nSPS) is 11.3. The summed E-state index contributed by atoms with van der Waals surface area (Å²) in [5.74, 6) is 0.585. The predicted octanol–water partition coefficient (Wildman–Crippen LogP) is 1.000. The predicted molar refractivity (Wildman–Crippen MR) is 59.0 cm³/mol.